The topological polar surface area (TPSA) is 104 Å². The number of benzene rings is 3. The van der Waals surface area contributed by atoms with Gasteiger partial charge < -0.3 is 9.67 Å². The van der Waals surface area contributed by atoms with Gasteiger partial charge in [-0.2, -0.15) is 0 Å². The maximum atomic E-state index is 13.1. The molecule has 4 aromatic rings. The van der Waals surface area contributed by atoms with Crippen LogP contribution < -0.4 is 4.31 Å². The lowest BCUT2D eigenvalue weighted by atomic mass is 10.1. The third-order valence-corrected chi connectivity index (χ3v) is 7.23. The van der Waals surface area contributed by atoms with Gasteiger partial charge in [0.15, 0.2) is 5.69 Å². The number of aromatic hydroxyl groups is 1. The van der Waals surface area contributed by atoms with Crippen LogP contribution in [0.15, 0.2) is 87.9 Å². The molecule has 8 nitrogen and oxygen atoms in total. The first-order valence-electron chi connectivity index (χ1n) is 10.1. The van der Waals surface area contributed by atoms with Gasteiger partial charge in [-0.3, -0.25) is 9.10 Å². The molecule has 0 aliphatic heterocycles. The molecule has 0 bridgehead atoms. The summed E-state index contributed by atoms with van der Waals surface area (Å²) in [7, 11) is -0.835. The van der Waals surface area contributed by atoms with E-state index in [9.17, 15) is 18.3 Å². The SMILES string of the molecule is Cc1ccc(S(=O)(=O)N(C)c2ccccc2C(=O)N=Nc2c(O)n(C)c3ccccc23)cc1. The van der Waals surface area contributed by atoms with Crippen LogP contribution in [0.3, 0.4) is 0 Å². The van der Waals surface area contributed by atoms with Crippen molar-refractivity contribution in [1.29, 1.82) is 0 Å². The Morgan fingerprint density at radius 2 is 1.61 bits per heavy atom. The fourth-order valence-electron chi connectivity index (χ4n) is 3.53. The first-order valence-corrected chi connectivity index (χ1v) is 11.5. The summed E-state index contributed by atoms with van der Waals surface area (Å²) < 4.78 is 28.8. The van der Waals surface area contributed by atoms with Gasteiger partial charge in [-0.15, -0.1) is 10.2 Å². The molecule has 0 saturated heterocycles. The van der Waals surface area contributed by atoms with E-state index in [0.29, 0.717) is 5.39 Å². The Bertz CT molecular complexity index is 1490. The molecule has 4 rings (SSSR count). The maximum absolute atomic E-state index is 13.1. The van der Waals surface area contributed by atoms with Crippen molar-refractivity contribution in [2.24, 2.45) is 17.3 Å². The number of fused-ring (bicyclic) bond motifs is 1. The molecule has 3 aromatic carbocycles. The van der Waals surface area contributed by atoms with E-state index in [-0.39, 0.29) is 27.7 Å². The maximum Gasteiger partial charge on any atom is 0.297 e. The highest BCUT2D eigenvalue weighted by Gasteiger charge is 2.25. The fraction of sp³-hybridized carbons (Fsp3) is 0.125. The number of nitrogens with zero attached hydrogens (tertiary/aromatic N) is 4. The van der Waals surface area contributed by atoms with Gasteiger partial charge in [-0.1, -0.05) is 48.0 Å². The quantitative estimate of drug-likeness (QED) is 0.424. The monoisotopic (exact) mass is 462 g/mol. The third-order valence-electron chi connectivity index (χ3n) is 5.44. The third kappa shape index (κ3) is 3.98. The number of para-hydroxylation sites is 2. The minimum Gasteiger partial charge on any atom is -0.493 e. The van der Waals surface area contributed by atoms with E-state index in [1.807, 2.05) is 19.1 Å². The molecule has 0 spiro atoms. The summed E-state index contributed by atoms with van der Waals surface area (Å²) in [6.45, 7) is 1.87. The van der Waals surface area contributed by atoms with Crippen LogP contribution in [0.1, 0.15) is 15.9 Å². The highest BCUT2D eigenvalue weighted by atomic mass is 32.2. The second-order valence-electron chi connectivity index (χ2n) is 7.56. The molecule has 0 saturated carbocycles. The lowest BCUT2D eigenvalue weighted by molar-refractivity contribution is 0.0995. The average molecular weight is 463 g/mol. The van der Waals surface area contributed by atoms with E-state index in [0.717, 1.165) is 15.4 Å². The number of azo groups is 1. The molecule has 0 aliphatic carbocycles. The Hall–Kier alpha value is -3.98. The van der Waals surface area contributed by atoms with Crippen LogP contribution in [-0.4, -0.2) is 31.0 Å². The minimum absolute atomic E-state index is 0.0687. The minimum atomic E-state index is -3.90. The van der Waals surface area contributed by atoms with Gasteiger partial charge in [-0.25, -0.2) is 8.42 Å². The smallest absolute Gasteiger partial charge is 0.297 e. The van der Waals surface area contributed by atoms with Crippen LogP contribution in [0.5, 0.6) is 5.88 Å². The molecular weight excluding hydrogens is 440 g/mol. The van der Waals surface area contributed by atoms with Gasteiger partial charge in [0, 0.05) is 19.5 Å². The number of amides is 1. The Kier molecular flexibility index (Phi) is 5.73. The summed E-state index contributed by atoms with van der Waals surface area (Å²) >= 11 is 0. The number of carbonyl (C=O) groups is 1. The second kappa shape index (κ2) is 8.51. The Morgan fingerprint density at radius 3 is 2.33 bits per heavy atom. The van der Waals surface area contributed by atoms with Crippen molar-refractivity contribution < 1.29 is 18.3 Å². The molecule has 1 aromatic heterocycles. The number of hydrogen-bond acceptors (Lipinski definition) is 5. The molecule has 168 valence electrons. The van der Waals surface area contributed by atoms with Crippen LogP contribution in [0.4, 0.5) is 11.4 Å². The number of sulfonamides is 1. The number of anilines is 1. The van der Waals surface area contributed by atoms with Gasteiger partial charge >= 0.3 is 0 Å². The lowest BCUT2D eigenvalue weighted by Crippen LogP contribution is -2.28. The van der Waals surface area contributed by atoms with Crippen molar-refractivity contribution in [3.63, 3.8) is 0 Å². The summed E-state index contributed by atoms with van der Waals surface area (Å²) in [5.74, 6) is -0.857. The van der Waals surface area contributed by atoms with Crippen LogP contribution in [-0.2, 0) is 17.1 Å². The van der Waals surface area contributed by atoms with E-state index >= 15 is 0 Å². The molecule has 1 N–H and O–H groups in total. The van der Waals surface area contributed by atoms with Crippen LogP contribution >= 0.6 is 0 Å². The largest absolute Gasteiger partial charge is 0.493 e. The van der Waals surface area contributed by atoms with E-state index in [1.54, 1.807) is 48.0 Å². The van der Waals surface area contributed by atoms with Gasteiger partial charge in [-0.05, 0) is 37.3 Å². The summed E-state index contributed by atoms with van der Waals surface area (Å²) in [5, 5.41) is 18.8. The molecule has 0 aliphatic rings. The molecule has 1 heterocycles. The predicted molar refractivity (Wildman–Crippen MR) is 127 cm³/mol. The molecule has 0 radical (unpaired) electrons. The summed E-state index contributed by atoms with van der Waals surface area (Å²) in [6.07, 6.45) is 0. The molecule has 0 atom stereocenters. The standard InChI is InChI=1S/C24H22N4O4S/c1-16-12-14-17(15-13-16)33(31,32)28(3)21-11-7-5-9-19(21)23(29)26-25-22-18-8-4-6-10-20(18)27(2)24(22)30/h4-15,30H,1-3H3. The molecule has 0 fully saturated rings. The van der Waals surface area contributed by atoms with Crippen molar-refractivity contribution in [2.45, 2.75) is 11.8 Å². The van der Waals surface area contributed by atoms with Crippen LogP contribution in [0.25, 0.3) is 10.9 Å². The molecule has 0 unspecified atom stereocenters. The number of rotatable bonds is 5. The predicted octanol–water partition coefficient (Wildman–Crippen LogP) is 4.94. The van der Waals surface area contributed by atoms with Crippen LogP contribution in [0, 0.1) is 6.92 Å². The second-order valence-corrected chi connectivity index (χ2v) is 9.53. The van der Waals surface area contributed by atoms with E-state index in [4.69, 9.17) is 0 Å². The van der Waals surface area contributed by atoms with Crippen molar-refractivity contribution in [3.8, 4) is 5.88 Å². The number of aryl methyl sites for hydroxylation is 2. The summed E-state index contributed by atoms with van der Waals surface area (Å²) in [4.78, 5) is 13.0. The highest BCUT2D eigenvalue weighted by molar-refractivity contribution is 7.92. The van der Waals surface area contributed by atoms with Gasteiger partial charge in [0.25, 0.3) is 15.9 Å². The molecule has 9 heteroatoms. The van der Waals surface area contributed by atoms with Crippen molar-refractivity contribution >= 4 is 38.2 Å². The number of aromatic nitrogens is 1. The van der Waals surface area contributed by atoms with Gasteiger partial charge in [0.1, 0.15) is 0 Å². The first-order chi connectivity index (χ1) is 15.7. The zero-order valence-corrected chi connectivity index (χ0v) is 19.1. The van der Waals surface area contributed by atoms with Crippen molar-refractivity contribution in [2.75, 3.05) is 11.4 Å². The Balaban J connectivity index is 1.70. The van der Waals surface area contributed by atoms with Crippen molar-refractivity contribution in [3.05, 3.63) is 83.9 Å². The lowest BCUT2D eigenvalue weighted by Gasteiger charge is -2.21. The fourth-order valence-corrected chi connectivity index (χ4v) is 4.75. The zero-order chi connectivity index (χ0) is 23.8. The van der Waals surface area contributed by atoms with Gasteiger partial charge in [0.2, 0.25) is 5.88 Å². The molecule has 1 amide bonds. The van der Waals surface area contributed by atoms with E-state index in [2.05, 4.69) is 10.2 Å². The molecular formula is C24H22N4O4S. The van der Waals surface area contributed by atoms with E-state index < -0.39 is 15.9 Å². The summed E-state index contributed by atoms with van der Waals surface area (Å²) in [6, 6.07) is 19.9. The number of carbonyl (C=O) groups excluding carboxylic acids is 1. The Morgan fingerprint density at radius 1 is 0.970 bits per heavy atom. The summed E-state index contributed by atoms with van der Waals surface area (Å²) in [5.41, 5.74) is 2.08. The number of hydrogen-bond donors (Lipinski definition) is 1. The normalized spacial score (nSPS) is 11.8. The zero-order valence-electron chi connectivity index (χ0n) is 18.3. The van der Waals surface area contributed by atoms with E-state index in [1.165, 1.54) is 31.3 Å². The van der Waals surface area contributed by atoms with Crippen molar-refractivity contribution in [1.82, 2.24) is 4.57 Å². The first kappa shape index (κ1) is 22.2. The molecule has 33 heavy (non-hydrogen) atoms. The van der Waals surface area contributed by atoms with Gasteiger partial charge in [0.05, 0.1) is 21.7 Å². The Labute approximate surface area is 191 Å². The average Bonchev–Trinajstić information content (AvgIpc) is 3.07. The van der Waals surface area contributed by atoms with Crippen LogP contribution in [0.2, 0.25) is 0 Å². The highest BCUT2D eigenvalue weighted by Crippen LogP contribution is 2.38.